The molecule has 4 rings (SSSR count). The summed E-state index contributed by atoms with van der Waals surface area (Å²) in [6.45, 7) is 6.47. The summed E-state index contributed by atoms with van der Waals surface area (Å²) in [7, 11) is -2.23. The van der Waals surface area contributed by atoms with Crippen molar-refractivity contribution >= 4 is 33.2 Å². The standard InChI is InChI=1S/C29H36N4O4S/c1-4-5-8-23-12-15-24(16-13-23)30-38(35,36)31-25-14-11-22(2)26(21-25)29(34)33-19-17-32(18-20-33)27-9-6-7-10-28(27)37-3/h6-7,9-16,21,30-31H,4-5,8,17-20H2,1-3H3. The maximum Gasteiger partial charge on any atom is 0.321 e. The number of nitrogens with zero attached hydrogens (tertiary/aromatic N) is 2. The number of unbranched alkanes of at least 4 members (excludes halogenated alkanes) is 1. The summed E-state index contributed by atoms with van der Waals surface area (Å²) in [4.78, 5) is 17.4. The van der Waals surface area contributed by atoms with Gasteiger partial charge in [-0.05, 0) is 67.3 Å². The number of nitrogens with one attached hydrogen (secondary N) is 2. The molecule has 0 aliphatic carbocycles. The second kappa shape index (κ2) is 12.2. The molecule has 1 saturated heterocycles. The van der Waals surface area contributed by atoms with Gasteiger partial charge >= 0.3 is 10.2 Å². The van der Waals surface area contributed by atoms with Crippen LogP contribution < -0.4 is 19.1 Å². The summed E-state index contributed by atoms with van der Waals surface area (Å²) in [6.07, 6.45) is 3.18. The Labute approximate surface area is 225 Å². The van der Waals surface area contributed by atoms with Crippen LogP contribution in [0.3, 0.4) is 0 Å². The van der Waals surface area contributed by atoms with Crippen molar-refractivity contribution in [1.82, 2.24) is 4.90 Å². The minimum atomic E-state index is -3.89. The van der Waals surface area contributed by atoms with Gasteiger partial charge in [0.2, 0.25) is 0 Å². The van der Waals surface area contributed by atoms with Gasteiger partial charge in [0.1, 0.15) is 5.75 Å². The molecule has 0 unspecified atom stereocenters. The van der Waals surface area contributed by atoms with Crippen LogP contribution >= 0.6 is 0 Å². The molecule has 2 N–H and O–H groups in total. The fourth-order valence-electron chi connectivity index (χ4n) is 4.58. The van der Waals surface area contributed by atoms with Gasteiger partial charge in [0.25, 0.3) is 5.91 Å². The van der Waals surface area contributed by atoms with E-state index in [1.165, 1.54) is 5.56 Å². The molecule has 0 atom stereocenters. The molecule has 202 valence electrons. The van der Waals surface area contributed by atoms with Crippen molar-refractivity contribution in [2.24, 2.45) is 0 Å². The third-order valence-corrected chi connectivity index (χ3v) is 7.75. The number of para-hydroxylation sites is 2. The van der Waals surface area contributed by atoms with E-state index in [0.717, 1.165) is 36.3 Å². The summed E-state index contributed by atoms with van der Waals surface area (Å²) in [5.74, 6) is 0.697. The summed E-state index contributed by atoms with van der Waals surface area (Å²) in [6, 6.07) is 20.3. The molecule has 1 amide bonds. The molecule has 1 aliphatic heterocycles. The molecule has 0 radical (unpaired) electrons. The second-order valence-electron chi connectivity index (χ2n) is 9.49. The van der Waals surface area contributed by atoms with Gasteiger partial charge in [0.15, 0.2) is 0 Å². The number of carbonyl (C=O) groups excluding carboxylic acids is 1. The van der Waals surface area contributed by atoms with Crippen molar-refractivity contribution in [3.8, 4) is 5.75 Å². The Morgan fingerprint density at radius 2 is 1.58 bits per heavy atom. The van der Waals surface area contributed by atoms with E-state index in [4.69, 9.17) is 4.74 Å². The van der Waals surface area contributed by atoms with Crippen LogP contribution in [0.4, 0.5) is 17.1 Å². The summed E-state index contributed by atoms with van der Waals surface area (Å²) < 4.78 is 36.2. The minimum absolute atomic E-state index is 0.112. The van der Waals surface area contributed by atoms with E-state index in [0.29, 0.717) is 43.1 Å². The average molecular weight is 537 g/mol. The molecular formula is C29H36N4O4S. The van der Waals surface area contributed by atoms with E-state index < -0.39 is 10.2 Å². The SMILES string of the molecule is CCCCc1ccc(NS(=O)(=O)Nc2ccc(C)c(C(=O)N3CCN(c4ccccc4OC)CC3)c2)cc1. The van der Waals surface area contributed by atoms with Crippen molar-refractivity contribution in [2.45, 2.75) is 33.1 Å². The quantitative estimate of drug-likeness (QED) is 0.377. The Morgan fingerprint density at radius 3 is 2.26 bits per heavy atom. The lowest BCUT2D eigenvalue weighted by Gasteiger charge is -2.36. The predicted octanol–water partition coefficient (Wildman–Crippen LogP) is 5.08. The third-order valence-electron chi connectivity index (χ3n) is 6.74. The highest BCUT2D eigenvalue weighted by Gasteiger charge is 2.25. The number of rotatable bonds is 10. The summed E-state index contributed by atoms with van der Waals surface area (Å²) >= 11 is 0. The highest BCUT2D eigenvalue weighted by atomic mass is 32.2. The molecule has 3 aromatic rings. The molecule has 9 heteroatoms. The Hall–Kier alpha value is -3.72. The highest BCUT2D eigenvalue weighted by molar-refractivity contribution is 7.94. The Bertz CT molecular complexity index is 1350. The zero-order valence-corrected chi connectivity index (χ0v) is 23.1. The van der Waals surface area contributed by atoms with E-state index in [1.807, 2.05) is 48.2 Å². The smallest absolute Gasteiger partial charge is 0.321 e. The van der Waals surface area contributed by atoms with Crippen molar-refractivity contribution < 1.29 is 17.9 Å². The number of hydrogen-bond donors (Lipinski definition) is 2. The van der Waals surface area contributed by atoms with E-state index >= 15 is 0 Å². The van der Waals surface area contributed by atoms with Gasteiger partial charge in [-0.2, -0.15) is 8.42 Å². The van der Waals surface area contributed by atoms with Gasteiger partial charge in [-0.15, -0.1) is 0 Å². The fraction of sp³-hybridized carbons (Fsp3) is 0.345. The molecular weight excluding hydrogens is 500 g/mol. The van der Waals surface area contributed by atoms with Gasteiger partial charge in [-0.3, -0.25) is 14.2 Å². The number of hydrogen-bond acceptors (Lipinski definition) is 5. The molecule has 1 heterocycles. The number of ether oxygens (including phenoxy) is 1. The van der Waals surface area contributed by atoms with E-state index in [2.05, 4.69) is 21.3 Å². The van der Waals surface area contributed by atoms with Gasteiger partial charge in [0.05, 0.1) is 24.2 Å². The zero-order valence-electron chi connectivity index (χ0n) is 22.2. The number of anilines is 3. The lowest BCUT2D eigenvalue weighted by molar-refractivity contribution is 0.0746. The van der Waals surface area contributed by atoms with Crippen LogP contribution in [-0.4, -0.2) is 52.5 Å². The predicted molar refractivity (Wildman–Crippen MR) is 154 cm³/mol. The van der Waals surface area contributed by atoms with Crippen LogP contribution in [0, 0.1) is 6.92 Å². The van der Waals surface area contributed by atoms with Gasteiger partial charge < -0.3 is 14.5 Å². The first kappa shape index (κ1) is 27.3. The Morgan fingerprint density at radius 1 is 0.921 bits per heavy atom. The van der Waals surface area contributed by atoms with Crippen molar-refractivity contribution in [3.05, 3.63) is 83.4 Å². The van der Waals surface area contributed by atoms with Crippen molar-refractivity contribution in [1.29, 1.82) is 0 Å². The van der Waals surface area contributed by atoms with Crippen LogP contribution in [0.25, 0.3) is 0 Å². The Balaban J connectivity index is 1.40. The van der Waals surface area contributed by atoms with E-state index in [-0.39, 0.29) is 5.91 Å². The third kappa shape index (κ3) is 6.77. The van der Waals surface area contributed by atoms with E-state index in [9.17, 15) is 13.2 Å². The number of piperazine rings is 1. The van der Waals surface area contributed by atoms with Crippen molar-refractivity contribution in [3.63, 3.8) is 0 Å². The molecule has 8 nitrogen and oxygen atoms in total. The average Bonchev–Trinajstić information content (AvgIpc) is 2.93. The lowest BCUT2D eigenvalue weighted by atomic mass is 10.1. The van der Waals surface area contributed by atoms with E-state index in [1.54, 1.807) is 37.4 Å². The number of aryl methyl sites for hydroxylation is 2. The van der Waals surface area contributed by atoms with Gasteiger partial charge in [-0.1, -0.05) is 43.7 Å². The van der Waals surface area contributed by atoms with Crippen LogP contribution in [-0.2, 0) is 16.6 Å². The molecule has 0 spiro atoms. The summed E-state index contributed by atoms with van der Waals surface area (Å²) in [5, 5.41) is 0. The number of benzene rings is 3. The number of carbonyl (C=O) groups is 1. The maximum atomic E-state index is 13.4. The van der Waals surface area contributed by atoms with Crippen LogP contribution in [0.2, 0.25) is 0 Å². The number of amides is 1. The molecule has 38 heavy (non-hydrogen) atoms. The minimum Gasteiger partial charge on any atom is -0.495 e. The first-order chi connectivity index (χ1) is 18.3. The van der Waals surface area contributed by atoms with Crippen LogP contribution in [0.5, 0.6) is 5.75 Å². The molecule has 0 bridgehead atoms. The maximum absolute atomic E-state index is 13.4. The number of methoxy groups -OCH3 is 1. The van der Waals surface area contributed by atoms with Crippen LogP contribution in [0.15, 0.2) is 66.7 Å². The molecule has 0 saturated carbocycles. The largest absolute Gasteiger partial charge is 0.495 e. The second-order valence-corrected chi connectivity index (χ2v) is 10.9. The molecule has 0 aromatic heterocycles. The normalized spacial score (nSPS) is 13.8. The topological polar surface area (TPSA) is 91.0 Å². The van der Waals surface area contributed by atoms with Crippen LogP contribution in [0.1, 0.15) is 41.3 Å². The zero-order chi connectivity index (χ0) is 27.1. The fourth-order valence-corrected chi connectivity index (χ4v) is 5.52. The first-order valence-electron chi connectivity index (χ1n) is 13.0. The lowest BCUT2D eigenvalue weighted by Crippen LogP contribution is -2.49. The monoisotopic (exact) mass is 536 g/mol. The summed E-state index contributed by atoms with van der Waals surface area (Å²) in [5.41, 5.74) is 4.27. The Kier molecular flexibility index (Phi) is 8.78. The van der Waals surface area contributed by atoms with Gasteiger partial charge in [-0.25, -0.2) is 0 Å². The molecule has 3 aromatic carbocycles. The molecule has 1 aliphatic rings. The van der Waals surface area contributed by atoms with Gasteiger partial charge in [0, 0.05) is 31.7 Å². The first-order valence-corrected chi connectivity index (χ1v) is 14.5. The highest BCUT2D eigenvalue weighted by Crippen LogP contribution is 2.29. The van der Waals surface area contributed by atoms with Crippen molar-refractivity contribution in [2.75, 3.05) is 47.6 Å². The molecule has 1 fully saturated rings.